The van der Waals surface area contributed by atoms with Gasteiger partial charge in [-0.1, -0.05) is 11.6 Å². The maximum absolute atomic E-state index is 13.4. The molecule has 2 aromatic rings. The van der Waals surface area contributed by atoms with Gasteiger partial charge in [0.15, 0.2) is 17.5 Å². The molecule has 12 heteroatoms. The van der Waals surface area contributed by atoms with Crippen LogP contribution in [0.15, 0.2) is 35.2 Å². The van der Waals surface area contributed by atoms with Gasteiger partial charge in [-0.3, -0.25) is 4.79 Å². The van der Waals surface area contributed by atoms with Crippen LogP contribution >= 0.6 is 11.6 Å². The first-order valence-electron chi connectivity index (χ1n) is 9.94. The number of nitrogens with one attached hydrogen (secondary N) is 1. The second-order valence-corrected chi connectivity index (χ2v) is 9.93. The molecule has 180 valence electrons. The van der Waals surface area contributed by atoms with Crippen LogP contribution in [0, 0.1) is 17.5 Å². The van der Waals surface area contributed by atoms with Crippen molar-refractivity contribution in [3.8, 4) is 0 Å². The van der Waals surface area contributed by atoms with Gasteiger partial charge in [-0.05, 0) is 37.5 Å². The van der Waals surface area contributed by atoms with E-state index in [0.29, 0.717) is 31.4 Å². The number of ether oxygens (including phenoxy) is 1. The summed E-state index contributed by atoms with van der Waals surface area (Å²) in [5.41, 5.74) is -1.09. The molecular weight excluding hydrogens is 485 g/mol. The Balaban J connectivity index is 1.83. The lowest BCUT2D eigenvalue weighted by Crippen LogP contribution is -2.48. The summed E-state index contributed by atoms with van der Waals surface area (Å²) in [6.07, 6.45) is 1.10. The normalized spacial score (nSPS) is 16.5. The van der Waals surface area contributed by atoms with E-state index in [1.165, 1.54) is 23.5 Å². The second-order valence-electron chi connectivity index (χ2n) is 7.62. The largest absolute Gasteiger partial charge is 0.396 e. The fourth-order valence-corrected chi connectivity index (χ4v) is 5.65. The predicted molar refractivity (Wildman–Crippen MR) is 115 cm³/mol. The number of aliphatic hydroxyl groups excluding tert-OH is 1. The summed E-state index contributed by atoms with van der Waals surface area (Å²) in [5, 5.41) is 11.4. The summed E-state index contributed by atoms with van der Waals surface area (Å²) in [7, 11) is -2.57. The number of rotatable bonds is 7. The van der Waals surface area contributed by atoms with Crippen molar-refractivity contribution in [3.05, 3.63) is 58.4 Å². The third-order valence-corrected chi connectivity index (χ3v) is 8.07. The van der Waals surface area contributed by atoms with Gasteiger partial charge in [-0.25, -0.2) is 21.6 Å². The van der Waals surface area contributed by atoms with Crippen molar-refractivity contribution in [1.82, 2.24) is 4.31 Å². The molecule has 3 rings (SSSR count). The first-order valence-corrected chi connectivity index (χ1v) is 11.8. The molecule has 0 aliphatic carbocycles. The number of benzene rings is 2. The third-order valence-electron chi connectivity index (χ3n) is 5.69. The Morgan fingerprint density at radius 2 is 1.79 bits per heavy atom. The van der Waals surface area contributed by atoms with Gasteiger partial charge in [-0.15, -0.1) is 0 Å². The number of piperidine rings is 1. The van der Waals surface area contributed by atoms with Crippen molar-refractivity contribution in [2.45, 2.75) is 29.8 Å². The molecule has 0 atom stereocenters. The van der Waals surface area contributed by atoms with E-state index in [2.05, 4.69) is 5.32 Å². The minimum absolute atomic E-state index is 0.0918. The minimum Gasteiger partial charge on any atom is -0.396 e. The summed E-state index contributed by atoms with van der Waals surface area (Å²) < 4.78 is 73.1. The van der Waals surface area contributed by atoms with E-state index in [4.69, 9.17) is 16.3 Å². The van der Waals surface area contributed by atoms with Crippen LogP contribution in [-0.4, -0.2) is 56.1 Å². The van der Waals surface area contributed by atoms with Gasteiger partial charge in [0, 0.05) is 50.2 Å². The number of anilines is 1. The molecule has 0 aromatic heterocycles. The molecule has 33 heavy (non-hydrogen) atoms. The van der Waals surface area contributed by atoms with Crippen LogP contribution in [0.2, 0.25) is 5.02 Å². The standard InChI is InChI=1S/C21H22ClF3N2O5S/c1-32-21(6-9-28)4-7-27(8-5-21)33(30,31)18-10-13(2-3-15(18)22)20(29)26-14-11-16(23)19(25)17(24)12-14/h2-3,10-12,28H,4-9H2,1H3,(H,26,29). The Hall–Kier alpha value is -2.18. The Labute approximate surface area is 194 Å². The van der Waals surface area contributed by atoms with Crippen molar-refractivity contribution in [2.24, 2.45) is 0 Å². The topological polar surface area (TPSA) is 95.9 Å². The van der Waals surface area contributed by atoms with Gasteiger partial charge >= 0.3 is 0 Å². The average molecular weight is 507 g/mol. The summed E-state index contributed by atoms with van der Waals surface area (Å²) in [6, 6.07) is 4.75. The van der Waals surface area contributed by atoms with Gasteiger partial charge in [-0.2, -0.15) is 4.31 Å². The van der Waals surface area contributed by atoms with Crippen LogP contribution in [0.1, 0.15) is 29.6 Å². The SMILES string of the molecule is COC1(CCO)CCN(S(=O)(=O)c2cc(C(=O)Nc3cc(F)c(F)c(F)c3)ccc2Cl)CC1. The minimum atomic E-state index is -4.08. The Morgan fingerprint density at radius 1 is 1.18 bits per heavy atom. The first kappa shape index (κ1) is 25.4. The second kappa shape index (κ2) is 9.98. The highest BCUT2D eigenvalue weighted by atomic mass is 35.5. The number of hydrogen-bond donors (Lipinski definition) is 2. The molecule has 1 heterocycles. The fourth-order valence-electron chi connectivity index (χ4n) is 3.71. The molecule has 7 nitrogen and oxygen atoms in total. The number of halogens is 4. The molecule has 1 aliphatic heterocycles. The number of carbonyl (C=O) groups is 1. The van der Waals surface area contributed by atoms with Gasteiger partial charge in [0.25, 0.3) is 5.91 Å². The maximum Gasteiger partial charge on any atom is 0.255 e. The van der Waals surface area contributed by atoms with E-state index in [0.717, 1.165) is 6.07 Å². The van der Waals surface area contributed by atoms with Crippen LogP contribution < -0.4 is 5.32 Å². The van der Waals surface area contributed by atoms with E-state index in [1.807, 2.05) is 0 Å². The lowest BCUT2D eigenvalue weighted by atomic mass is 9.89. The molecule has 0 unspecified atom stereocenters. The smallest absolute Gasteiger partial charge is 0.255 e. The molecule has 0 radical (unpaired) electrons. The zero-order valence-corrected chi connectivity index (χ0v) is 19.1. The monoisotopic (exact) mass is 506 g/mol. The number of methoxy groups -OCH3 is 1. The molecular formula is C21H22ClF3N2O5S. The van der Waals surface area contributed by atoms with Gasteiger partial charge < -0.3 is 15.2 Å². The fraction of sp³-hybridized carbons (Fsp3) is 0.381. The van der Waals surface area contributed by atoms with E-state index in [-0.39, 0.29) is 40.9 Å². The Kier molecular flexibility index (Phi) is 7.69. The van der Waals surface area contributed by atoms with Gasteiger partial charge in [0.05, 0.1) is 10.6 Å². The molecule has 1 fully saturated rings. The van der Waals surface area contributed by atoms with E-state index in [9.17, 15) is 31.5 Å². The highest BCUT2D eigenvalue weighted by molar-refractivity contribution is 7.89. The van der Waals surface area contributed by atoms with Crippen LogP contribution in [0.25, 0.3) is 0 Å². The van der Waals surface area contributed by atoms with Crippen molar-refractivity contribution in [3.63, 3.8) is 0 Å². The zero-order chi connectivity index (χ0) is 24.4. The molecule has 1 aliphatic rings. The van der Waals surface area contributed by atoms with E-state index in [1.54, 1.807) is 0 Å². The lowest BCUT2D eigenvalue weighted by Gasteiger charge is -2.40. The first-order chi connectivity index (χ1) is 15.5. The molecule has 0 spiro atoms. The Morgan fingerprint density at radius 3 is 2.33 bits per heavy atom. The summed E-state index contributed by atoms with van der Waals surface area (Å²) >= 11 is 6.12. The maximum atomic E-state index is 13.4. The zero-order valence-electron chi connectivity index (χ0n) is 17.6. The lowest BCUT2D eigenvalue weighted by molar-refractivity contribution is -0.0598. The van der Waals surface area contributed by atoms with Gasteiger partial charge in [0.1, 0.15) is 4.90 Å². The van der Waals surface area contributed by atoms with Crippen molar-refractivity contribution >= 4 is 33.2 Å². The summed E-state index contributed by atoms with van der Waals surface area (Å²) in [6.45, 7) is 0.152. The molecule has 1 saturated heterocycles. The molecule has 2 N–H and O–H groups in total. The van der Waals surface area contributed by atoms with Crippen LogP contribution in [0.4, 0.5) is 18.9 Å². The number of nitrogens with zero attached hydrogens (tertiary/aromatic N) is 1. The van der Waals surface area contributed by atoms with Crippen molar-refractivity contribution < 1.29 is 36.2 Å². The highest BCUT2D eigenvalue weighted by Crippen LogP contribution is 2.33. The third kappa shape index (κ3) is 5.33. The number of carbonyl (C=O) groups excluding carboxylic acids is 1. The number of amides is 1. The van der Waals surface area contributed by atoms with E-state index < -0.39 is 39.0 Å². The Bertz CT molecular complexity index is 1130. The highest BCUT2D eigenvalue weighted by Gasteiger charge is 2.39. The number of sulfonamides is 1. The van der Waals surface area contributed by atoms with Crippen LogP contribution in [0.3, 0.4) is 0 Å². The quantitative estimate of drug-likeness (QED) is 0.560. The average Bonchev–Trinajstić information content (AvgIpc) is 2.78. The molecule has 0 saturated carbocycles. The van der Waals surface area contributed by atoms with Crippen molar-refractivity contribution in [2.75, 3.05) is 32.1 Å². The molecule has 0 bridgehead atoms. The van der Waals surface area contributed by atoms with Crippen molar-refractivity contribution in [1.29, 1.82) is 0 Å². The van der Waals surface area contributed by atoms with E-state index >= 15 is 0 Å². The number of aliphatic hydroxyl groups is 1. The molecule has 2 aromatic carbocycles. The van der Waals surface area contributed by atoms with Crippen LogP contribution in [-0.2, 0) is 14.8 Å². The predicted octanol–water partition coefficient (Wildman–Crippen LogP) is 3.56. The van der Waals surface area contributed by atoms with Crippen LogP contribution in [0.5, 0.6) is 0 Å². The summed E-state index contributed by atoms with van der Waals surface area (Å²) in [5.74, 6) is -5.51. The van der Waals surface area contributed by atoms with Gasteiger partial charge in [0.2, 0.25) is 10.0 Å². The summed E-state index contributed by atoms with van der Waals surface area (Å²) in [4.78, 5) is 12.2. The molecule has 1 amide bonds. The number of hydrogen-bond acceptors (Lipinski definition) is 5.